The zero-order valence-corrected chi connectivity index (χ0v) is 16.9. The van der Waals surface area contributed by atoms with Crippen LogP contribution in [-0.2, 0) is 6.54 Å². The Labute approximate surface area is 157 Å². The maximum atomic E-state index is 2.32. The Morgan fingerprint density at radius 3 is 1.62 bits per heavy atom. The van der Waals surface area contributed by atoms with Crippen LogP contribution in [0.4, 0.5) is 0 Å². The largest absolute Gasteiger partial charge is 1.00 e. The highest BCUT2D eigenvalue weighted by Crippen LogP contribution is 2.11. The number of rotatable bonds is 15. The molecule has 2 heteroatoms. The molecule has 0 amide bonds. The standard InChI is InChI=1S/C22H39N.ClH/c1-3-4-5-6-7-8-9-10-11-12-13-17-20-23(2)21-22-18-15-14-16-19-22;/h14-16,18-19H,3-13,17,20-21H2,1-2H3;1H. The van der Waals surface area contributed by atoms with Gasteiger partial charge >= 0.3 is 0 Å². The maximum Gasteiger partial charge on any atom is 0.103 e. The zero-order valence-electron chi connectivity index (χ0n) is 16.2. The number of quaternary nitrogens is 1. The molecule has 0 aromatic heterocycles. The molecule has 1 rings (SSSR count). The summed E-state index contributed by atoms with van der Waals surface area (Å²) in [5.74, 6) is 0. The van der Waals surface area contributed by atoms with E-state index in [4.69, 9.17) is 0 Å². The minimum Gasteiger partial charge on any atom is -1.00 e. The number of hydrogen-bond donors (Lipinski definition) is 1. The fourth-order valence-corrected chi connectivity index (χ4v) is 3.30. The van der Waals surface area contributed by atoms with E-state index in [0.717, 1.165) is 0 Å². The second kappa shape index (κ2) is 17.3. The Hall–Kier alpha value is -0.530. The summed E-state index contributed by atoms with van der Waals surface area (Å²) in [7, 11) is 2.32. The van der Waals surface area contributed by atoms with E-state index >= 15 is 0 Å². The van der Waals surface area contributed by atoms with E-state index in [2.05, 4.69) is 44.3 Å². The number of unbranched alkanes of at least 4 members (excludes halogenated alkanes) is 11. The Morgan fingerprint density at radius 1 is 0.667 bits per heavy atom. The number of halogens is 1. The monoisotopic (exact) mass is 353 g/mol. The predicted octanol–water partition coefficient (Wildman–Crippen LogP) is 2.41. The summed E-state index contributed by atoms with van der Waals surface area (Å²) in [6, 6.07) is 10.9. The minimum absolute atomic E-state index is 0. The van der Waals surface area contributed by atoms with Crippen molar-refractivity contribution in [2.75, 3.05) is 13.6 Å². The summed E-state index contributed by atoms with van der Waals surface area (Å²) < 4.78 is 0. The van der Waals surface area contributed by atoms with Gasteiger partial charge in [-0.1, -0.05) is 101 Å². The van der Waals surface area contributed by atoms with Crippen LogP contribution >= 0.6 is 0 Å². The molecule has 0 aliphatic carbocycles. The third-order valence-electron chi connectivity index (χ3n) is 4.81. The Morgan fingerprint density at radius 2 is 1.12 bits per heavy atom. The van der Waals surface area contributed by atoms with E-state index in [0.29, 0.717) is 0 Å². The molecule has 0 saturated carbocycles. The fourth-order valence-electron chi connectivity index (χ4n) is 3.30. The van der Waals surface area contributed by atoms with Crippen LogP contribution in [0.25, 0.3) is 0 Å². The van der Waals surface area contributed by atoms with Crippen LogP contribution in [0.15, 0.2) is 30.3 Å². The van der Waals surface area contributed by atoms with Gasteiger partial charge in [-0.15, -0.1) is 0 Å². The highest BCUT2D eigenvalue weighted by atomic mass is 35.5. The lowest BCUT2D eigenvalue weighted by Gasteiger charge is -2.13. The van der Waals surface area contributed by atoms with Crippen molar-refractivity contribution < 1.29 is 17.3 Å². The second-order valence-corrected chi connectivity index (χ2v) is 7.26. The van der Waals surface area contributed by atoms with Gasteiger partial charge in [-0.2, -0.15) is 0 Å². The van der Waals surface area contributed by atoms with Gasteiger partial charge in [-0.25, -0.2) is 0 Å². The van der Waals surface area contributed by atoms with E-state index in [-0.39, 0.29) is 12.4 Å². The topological polar surface area (TPSA) is 4.44 Å². The van der Waals surface area contributed by atoms with Crippen molar-refractivity contribution in [1.82, 2.24) is 0 Å². The van der Waals surface area contributed by atoms with Crippen LogP contribution in [0, 0.1) is 0 Å². The van der Waals surface area contributed by atoms with Crippen molar-refractivity contribution in [2.45, 2.75) is 90.5 Å². The van der Waals surface area contributed by atoms with Gasteiger partial charge in [0.2, 0.25) is 0 Å². The molecule has 0 fully saturated rings. The summed E-state index contributed by atoms with van der Waals surface area (Å²) in [5.41, 5.74) is 1.46. The van der Waals surface area contributed by atoms with Crippen LogP contribution in [-0.4, -0.2) is 13.6 Å². The van der Waals surface area contributed by atoms with Crippen molar-refractivity contribution in [3.05, 3.63) is 35.9 Å². The molecule has 1 unspecified atom stereocenters. The van der Waals surface area contributed by atoms with Gasteiger partial charge in [0.1, 0.15) is 6.54 Å². The molecular formula is C22H40ClN. The molecule has 0 aliphatic heterocycles. The van der Waals surface area contributed by atoms with Gasteiger partial charge < -0.3 is 17.3 Å². The highest BCUT2D eigenvalue weighted by Gasteiger charge is 2.02. The van der Waals surface area contributed by atoms with Crippen molar-refractivity contribution in [1.29, 1.82) is 0 Å². The van der Waals surface area contributed by atoms with E-state index < -0.39 is 0 Å². The second-order valence-electron chi connectivity index (χ2n) is 7.26. The first-order valence-electron chi connectivity index (χ1n) is 10.2. The molecule has 1 aromatic rings. The summed E-state index contributed by atoms with van der Waals surface area (Å²) >= 11 is 0. The van der Waals surface area contributed by atoms with Crippen LogP contribution in [0.1, 0.15) is 89.5 Å². The lowest BCUT2D eigenvalue weighted by Crippen LogP contribution is -3.07. The van der Waals surface area contributed by atoms with E-state index in [1.54, 1.807) is 4.90 Å². The average Bonchev–Trinajstić information content (AvgIpc) is 2.57. The predicted molar refractivity (Wildman–Crippen MR) is 103 cm³/mol. The summed E-state index contributed by atoms with van der Waals surface area (Å²) in [6.07, 6.45) is 17.3. The minimum atomic E-state index is 0. The van der Waals surface area contributed by atoms with Gasteiger partial charge in [-0.05, 0) is 12.8 Å². The van der Waals surface area contributed by atoms with Gasteiger partial charge in [0.25, 0.3) is 0 Å². The molecule has 0 aliphatic rings. The SMILES string of the molecule is CCCCCCCCCCCCCC[NH+](C)Cc1ccccc1.[Cl-]. The summed E-state index contributed by atoms with van der Waals surface area (Å²) in [4.78, 5) is 1.64. The van der Waals surface area contributed by atoms with Crippen molar-refractivity contribution in [3.8, 4) is 0 Å². The lowest BCUT2D eigenvalue weighted by molar-refractivity contribution is -0.894. The third kappa shape index (κ3) is 13.9. The van der Waals surface area contributed by atoms with Crippen LogP contribution in [0.5, 0.6) is 0 Å². The van der Waals surface area contributed by atoms with E-state index in [9.17, 15) is 0 Å². The number of hydrogen-bond acceptors (Lipinski definition) is 0. The van der Waals surface area contributed by atoms with Crippen LogP contribution in [0.2, 0.25) is 0 Å². The van der Waals surface area contributed by atoms with E-state index in [1.807, 2.05) is 0 Å². The van der Waals surface area contributed by atoms with Crippen molar-refractivity contribution in [3.63, 3.8) is 0 Å². The average molecular weight is 354 g/mol. The molecule has 0 saturated heterocycles. The molecular weight excluding hydrogens is 314 g/mol. The van der Waals surface area contributed by atoms with Crippen molar-refractivity contribution in [2.24, 2.45) is 0 Å². The fraction of sp³-hybridized carbons (Fsp3) is 0.727. The van der Waals surface area contributed by atoms with Gasteiger partial charge in [0.05, 0.1) is 13.6 Å². The number of benzene rings is 1. The van der Waals surface area contributed by atoms with Crippen LogP contribution < -0.4 is 17.3 Å². The normalized spacial score (nSPS) is 11.9. The van der Waals surface area contributed by atoms with Gasteiger partial charge in [-0.3, -0.25) is 0 Å². The lowest BCUT2D eigenvalue weighted by atomic mass is 10.1. The Bertz CT molecular complexity index is 352. The molecule has 140 valence electrons. The van der Waals surface area contributed by atoms with E-state index in [1.165, 1.54) is 95.7 Å². The quantitative estimate of drug-likeness (QED) is 0.462. The smallest absolute Gasteiger partial charge is 0.103 e. The zero-order chi connectivity index (χ0) is 16.6. The molecule has 1 atom stereocenters. The molecule has 0 spiro atoms. The number of nitrogens with one attached hydrogen (secondary N) is 1. The first-order chi connectivity index (χ1) is 11.3. The molecule has 1 N–H and O–H groups in total. The van der Waals surface area contributed by atoms with Gasteiger partial charge in [0.15, 0.2) is 0 Å². The Kier molecular flexibility index (Phi) is 16.9. The van der Waals surface area contributed by atoms with Gasteiger partial charge in [0, 0.05) is 5.56 Å². The summed E-state index contributed by atoms with van der Waals surface area (Å²) in [5, 5.41) is 0. The summed E-state index contributed by atoms with van der Waals surface area (Å²) in [6.45, 7) is 4.77. The maximum absolute atomic E-state index is 2.32. The molecule has 0 radical (unpaired) electrons. The Balaban J connectivity index is 0.00000529. The molecule has 1 aromatic carbocycles. The first-order valence-corrected chi connectivity index (χ1v) is 10.2. The molecule has 24 heavy (non-hydrogen) atoms. The first kappa shape index (κ1) is 23.5. The highest BCUT2D eigenvalue weighted by molar-refractivity contribution is 5.13. The molecule has 1 nitrogen and oxygen atoms in total. The molecule has 0 bridgehead atoms. The van der Waals surface area contributed by atoms with Crippen LogP contribution in [0.3, 0.4) is 0 Å². The molecule has 0 heterocycles. The van der Waals surface area contributed by atoms with Crippen molar-refractivity contribution >= 4 is 0 Å². The third-order valence-corrected chi connectivity index (χ3v) is 4.81.